The number of aromatic nitrogens is 3. The molecule has 0 saturated carbocycles. The Kier molecular flexibility index (Phi) is 3.88. The molecule has 146 valence electrons. The number of imidazole rings is 1. The lowest BCUT2D eigenvalue weighted by atomic mass is 10.1. The number of hydrogen-bond donors (Lipinski definition) is 4. The predicted molar refractivity (Wildman–Crippen MR) is 111 cm³/mol. The molecule has 1 atom stereocenters. The van der Waals surface area contributed by atoms with Gasteiger partial charge in [0.15, 0.2) is 0 Å². The van der Waals surface area contributed by atoms with Gasteiger partial charge in [-0.2, -0.15) is 0 Å². The summed E-state index contributed by atoms with van der Waals surface area (Å²) in [5.41, 5.74) is 9.00. The molecule has 1 fully saturated rings. The zero-order valence-corrected chi connectivity index (χ0v) is 15.5. The van der Waals surface area contributed by atoms with Crippen molar-refractivity contribution in [3.63, 3.8) is 0 Å². The van der Waals surface area contributed by atoms with Crippen LogP contribution < -0.4 is 11.3 Å². The zero-order valence-electron chi connectivity index (χ0n) is 15.5. The average Bonchev–Trinajstić information content (AvgIpc) is 3.33. The number of anilines is 1. The minimum atomic E-state index is -0.470. The van der Waals surface area contributed by atoms with Gasteiger partial charge in [0.1, 0.15) is 11.4 Å². The van der Waals surface area contributed by atoms with Crippen LogP contribution in [-0.4, -0.2) is 50.1 Å². The van der Waals surface area contributed by atoms with Gasteiger partial charge in [0.2, 0.25) is 0 Å². The van der Waals surface area contributed by atoms with Crippen LogP contribution in [0.15, 0.2) is 47.3 Å². The van der Waals surface area contributed by atoms with Gasteiger partial charge in [-0.1, -0.05) is 18.2 Å². The number of β-amino-alcohol motifs (C(OH)–C–C–N with tert-alkyl or cyclic N) is 1. The molecule has 8 nitrogen and oxygen atoms in total. The van der Waals surface area contributed by atoms with Gasteiger partial charge in [-0.25, -0.2) is 4.98 Å². The highest BCUT2D eigenvalue weighted by Gasteiger charge is 2.26. The first-order valence-electron chi connectivity index (χ1n) is 9.39. The topological polar surface area (TPSA) is 128 Å². The number of fused-ring (bicyclic) bond motifs is 2. The molecule has 1 aliphatic rings. The van der Waals surface area contributed by atoms with Crippen molar-refractivity contribution in [2.24, 2.45) is 0 Å². The van der Waals surface area contributed by atoms with Crippen molar-refractivity contribution in [2.75, 3.05) is 18.8 Å². The number of pyridine rings is 1. The van der Waals surface area contributed by atoms with E-state index < -0.39 is 6.10 Å². The Labute approximate surface area is 165 Å². The fourth-order valence-corrected chi connectivity index (χ4v) is 3.87. The fraction of sp³-hybridized carbons (Fsp3) is 0.190. The highest BCUT2D eigenvalue weighted by Crippen LogP contribution is 2.28. The fourth-order valence-electron chi connectivity index (χ4n) is 3.87. The van der Waals surface area contributed by atoms with Gasteiger partial charge in [0, 0.05) is 24.0 Å². The Morgan fingerprint density at radius 3 is 2.79 bits per heavy atom. The summed E-state index contributed by atoms with van der Waals surface area (Å²) >= 11 is 0. The molecule has 29 heavy (non-hydrogen) atoms. The Morgan fingerprint density at radius 2 is 2.00 bits per heavy atom. The molecule has 0 radical (unpaired) electrons. The third-order valence-corrected chi connectivity index (χ3v) is 5.38. The highest BCUT2D eigenvalue weighted by molar-refractivity contribution is 6.00. The van der Waals surface area contributed by atoms with Gasteiger partial charge in [0.05, 0.1) is 28.3 Å². The molecule has 1 aliphatic heterocycles. The Balaban J connectivity index is 1.58. The summed E-state index contributed by atoms with van der Waals surface area (Å²) in [6.45, 7) is 0.874. The molecule has 2 aromatic heterocycles. The normalized spacial score (nSPS) is 16.7. The molecule has 0 aliphatic carbocycles. The molecule has 2 aromatic carbocycles. The number of aliphatic hydroxyl groups is 1. The second-order valence-electron chi connectivity index (χ2n) is 7.30. The molecule has 4 aromatic rings. The average molecular weight is 389 g/mol. The summed E-state index contributed by atoms with van der Waals surface area (Å²) in [6, 6.07) is 12.5. The van der Waals surface area contributed by atoms with Crippen molar-refractivity contribution >= 4 is 33.5 Å². The van der Waals surface area contributed by atoms with Crippen LogP contribution >= 0.6 is 0 Å². The molecule has 0 unspecified atom stereocenters. The molecule has 1 saturated heterocycles. The van der Waals surface area contributed by atoms with E-state index in [4.69, 9.17) is 5.73 Å². The lowest BCUT2D eigenvalue weighted by Crippen LogP contribution is -2.29. The van der Waals surface area contributed by atoms with E-state index in [0.717, 1.165) is 5.39 Å². The van der Waals surface area contributed by atoms with E-state index in [0.29, 0.717) is 53.1 Å². The van der Waals surface area contributed by atoms with Crippen molar-refractivity contribution in [1.29, 1.82) is 0 Å². The number of nitrogens with one attached hydrogen (secondary N) is 2. The number of carbonyl (C=O) groups excluding carboxylic acids is 1. The Hall–Kier alpha value is -3.65. The number of para-hydroxylation sites is 1. The number of aliphatic hydroxyl groups excluding tert-OH is 1. The van der Waals surface area contributed by atoms with Crippen LogP contribution in [0.5, 0.6) is 0 Å². The number of likely N-dealkylation sites (tertiary alicyclic amines) is 1. The standard InChI is InChI=1S/C21H19N5O3/c22-18-13-3-1-2-4-14(13)25-20(28)17(18)19-23-15-6-5-11(9-16(15)24-19)21(29)26-8-7-12(27)10-26/h1-6,9,12,27H,7-8,10H2,(H,23,24)(H3,22,25,28)/t12-/m0/s1. The van der Waals surface area contributed by atoms with Crippen molar-refractivity contribution in [3.8, 4) is 11.4 Å². The third kappa shape index (κ3) is 2.85. The van der Waals surface area contributed by atoms with Crippen LogP contribution in [0, 0.1) is 0 Å². The number of rotatable bonds is 2. The second-order valence-corrected chi connectivity index (χ2v) is 7.30. The van der Waals surface area contributed by atoms with Crippen molar-refractivity contribution in [3.05, 3.63) is 58.4 Å². The van der Waals surface area contributed by atoms with Crippen molar-refractivity contribution < 1.29 is 9.90 Å². The highest BCUT2D eigenvalue weighted by atomic mass is 16.3. The van der Waals surface area contributed by atoms with Gasteiger partial charge in [-0.3, -0.25) is 9.59 Å². The number of nitrogen functional groups attached to an aromatic ring is 1. The monoisotopic (exact) mass is 389 g/mol. The van der Waals surface area contributed by atoms with E-state index in [-0.39, 0.29) is 17.0 Å². The summed E-state index contributed by atoms with van der Waals surface area (Å²) in [6.07, 6.45) is 0.118. The van der Waals surface area contributed by atoms with E-state index in [1.807, 2.05) is 18.2 Å². The number of H-pyrrole nitrogens is 2. The molecule has 0 bridgehead atoms. The Morgan fingerprint density at radius 1 is 1.17 bits per heavy atom. The summed E-state index contributed by atoms with van der Waals surface area (Å²) in [4.78, 5) is 37.4. The van der Waals surface area contributed by atoms with Gasteiger partial charge in [-0.05, 0) is 30.7 Å². The number of nitrogens with two attached hydrogens (primary N) is 1. The van der Waals surface area contributed by atoms with Crippen LogP contribution in [0.3, 0.4) is 0 Å². The quantitative estimate of drug-likeness (QED) is 0.416. The number of hydrogen-bond acceptors (Lipinski definition) is 5. The first kappa shape index (κ1) is 17.4. The predicted octanol–water partition coefficient (Wildman–Crippen LogP) is 1.86. The van der Waals surface area contributed by atoms with E-state index in [2.05, 4.69) is 15.0 Å². The summed E-state index contributed by atoms with van der Waals surface area (Å²) in [7, 11) is 0. The first-order valence-corrected chi connectivity index (χ1v) is 9.39. The summed E-state index contributed by atoms with van der Waals surface area (Å²) in [5, 5.41) is 10.4. The van der Waals surface area contributed by atoms with Gasteiger partial charge >= 0.3 is 0 Å². The van der Waals surface area contributed by atoms with E-state index >= 15 is 0 Å². The molecule has 5 N–H and O–H groups in total. The number of aromatic amines is 2. The lowest BCUT2D eigenvalue weighted by Gasteiger charge is -2.15. The number of nitrogens with zero attached hydrogens (tertiary/aromatic N) is 2. The lowest BCUT2D eigenvalue weighted by molar-refractivity contribution is 0.0765. The number of carbonyl (C=O) groups is 1. The number of benzene rings is 2. The van der Waals surface area contributed by atoms with Crippen LogP contribution in [0.4, 0.5) is 5.69 Å². The molecule has 3 heterocycles. The van der Waals surface area contributed by atoms with E-state index in [9.17, 15) is 14.7 Å². The molecule has 5 rings (SSSR count). The minimum absolute atomic E-state index is 0.143. The second kappa shape index (κ2) is 6.46. The maximum absolute atomic E-state index is 12.7. The van der Waals surface area contributed by atoms with E-state index in [1.165, 1.54) is 0 Å². The molecule has 1 amide bonds. The van der Waals surface area contributed by atoms with Crippen LogP contribution in [0.25, 0.3) is 33.3 Å². The first-order chi connectivity index (χ1) is 14.0. The van der Waals surface area contributed by atoms with Crippen molar-refractivity contribution in [1.82, 2.24) is 19.9 Å². The van der Waals surface area contributed by atoms with Crippen LogP contribution in [-0.2, 0) is 0 Å². The largest absolute Gasteiger partial charge is 0.397 e. The van der Waals surface area contributed by atoms with E-state index in [1.54, 1.807) is 29.2 Å². The summed E-state index contributed by atoms with van der Waals surface area (Å²) in [5.74, 6) is 0.210. The summed E-state index contributed by atoms with van der Waals surface area (Å²) < 4.78 is 0. The van der Waals surface area contributed by atoms with Gasteiger partial charge in [0.25, 0.3) is 11.5 Å². The van der Waals surface area contributed by atoms with Gasteiger partial charge in [-0.15, -0.1) is 0 Å². The zero-order chi connectivity index (χ0) is 20.1. The number of amides is 1. The van der Waals surface area contributed by atoms with Crippen molar-refractivity contribution in [2.45, 2.75) is 12.5 Å². The Bertz CT molecular complexity index is 1320. The minimum Gasteiger partial charge on any atom is -0.397 e. The van der Waals surface area contributed by atoms with Crippen LogP contribution in [0.1, 0.15) is 16.8 Å². The maximum atomic E-state index is 12.7. The maximum Gasteiger partial charge on any atom is 0.261 e. The molecule has 0 spiro atoms. The molecular formula is C21H19N5O3. The smallest absolute Gasteiger partial charge is 0.261 e. The SMILES string of the molecule is Nc1c(-c2nc3cc(C(=O)N4CC[C@H](O)C4)ccc3[nH]2)c(=O)[nH]c2ccccc12. The van der Waals surface area contributed by atoms with Gasteiger partial charge < -0.3 is 25.7 Å². The third-order valence-electron chi connectivity index (χ3n) is 5.38. The molecule has 8 heteroatoms. The molecular weight excluding hydrogens is 370 g/mol. The van der Waals surface area contributed by atoms with Crippen LogP contribution in [0.2, 0.25) is 0 Å².